The van der Waals surface area contributed by atoms with Crippen molar-refractivity contribution in [3.05, 3.63) is 58.4 Å². The van der Waals surface area contributed by atoms with Gasteiger partial charge in [0.05, 0.1) is 0 Å². The molecule has 1 aromatic carbocycles. The number of benzene rings is 1. The van der Waals surface area contributed by atoms with Crippen LogP contribution in [-0.2, 0) is 0 Å². The van der Waals surface area contributed by atoms with E-state index in [0.717, 1.165) is 12.1 Å². The number of carbonyl (C=O) groups excluding carboxylic acids is 1. The summed E-state index contributed by atoms with van der Waals surface area (Å²) in [7, 11) is 0. The Morgan fingerprint density at radius 2 is 1.83 bits per heavy atom. The third kappa shape index (κ3) is 3.52. The lowest BCUT2D eigenvalue weighted by Gasteiger charge is -2.38. The van der Waals surface area contributed by atoms with Crippen molar-refractivity contribution < 1.29 is 4.79 Å². The summed E-state index contributed by atoms with van der Waals surface area (Å²) in [6.07, 6.45) is 0. The van der Waals surface area contributed by atoms with Crippen LogP contribution in [0.15, 0.2) is 47.3 Å². The van der Waals surface area contributed by atoms with E-state index in [2.05, 4.69) is 10.3 Å². The van der Waals surface area contributed by atoms with E-state index in [1.54, 1.807) is 17.0 Å². The maximum Gasteiger partial charge on any atom is 0.261 e. The number of carbonyl (C=O) groups is 1. The first-order valence-electron chi connectivity index (χ1n) is 7.91. The van der Waals surface area contributed by atoms with Gasteiger partial charge >= 0.3 is 0 Å². The van der Waals surface area contributed by atoms with Gasteiger partial charge in [-0.3, -0.25) is 9.59 Å². The SMILES string of the molecule is CC1NCCN(C(=O)c2ccc(-c3ccccc3)[nH]c2=O)C1C.Cl. The first-order chi connectivity index (χ1) is 11.1. The number of halogens is 1. The fraction of sp³-hybridized carbons (Fsp3) is 0.333. The van der Waals surface area contributed by atoms with Gasteiger partial charge in [0.1, 0.15) is 5.56 Å². The molecule has 0 radical (unpaired) electrons. The van der Waals surface area contributed by atoms with Gasteiger partial charge in [-0.1, -0.05) is 30.3 Å². The van der Waals surface area contributed by atoms with Crippen LogP contribution in [0.3, 0.4) is 0 Å². The van der Waals surface area contributed by atoms with E-state index >= 15 is 0 Å². The second-order valence-electron chi connectivity index (χ2n) is 5.96. The predicted octanol–water partition coefficient (Wildman–Crippen LogP) is 2.29. The topological polar surface area (TPSA) is 65.2 Å². The number of aromatic nitrogens is 1. The van der Waals surface area contributed by atoms with Gasteiger partial charge in [0.2, 0.25) is 0 Å². The Kier molecular flexibility index (Phi) is 5.80. The molecule has 0 saturated carbocycles. The molecule has 1 aliphatic heterocycles. The largest absolute Gasteiger partial charge is 0.333 e. The predicted molar refractivity (Wildman–Crippen MR) is 97.7 cm³/mol. The lowest BCUT2D eigenvalue weighted by atomic mass is 10.1. The molecule has 128 valence electrons. The number of hydrogen-bond donors (Lipinski definition) is 2. The van der Waals surface area contributed by atoms with Gasteiger partial charge in [-0.2, -0.15) is 0 Å². The van der Waals surface area contributed by atoms with Crippen LogP contribution in [0.4, 0.5) is 0 Å². The second-order valence-corrected chi connectivity index (χ2v) is 5.96. The lowest BCUT2D eigenvalue weighted by Crippen LogP contribution is -2.57. The summed E-state index contributed by atoms with van der Waals surface area (Å²) in [5.41, 5.74) is 1.50. The van der Waals surface area contributed by atoms with Gasteiger partial charge < -0.3 is 15.2 Å². The van der Waals surface area contributed by atoms with Crippen LogP contribution in [-0.4, -0.2) is 41.0 Å². The van der Waals surface area contributed by atoms with Crippen molar-refractivity contribution in [3.63, 3.8) is 0 Å². The number of nitrogens with one attached hydrogen (secondary N) is 2. The zero-order chi connectivity index (χ0) is 16.4. The Morgan fingerprint density at radius 1 is 1.12 bits per heavy atom. The minimum absolute atomic E-state index is 0. The molecule has 1 amide bonds. The third-order valence-electron chi connectivity index (χ3n) is 4.52. The summed E-state index contributed by atoms with van der Waals surface area (Å²) in [5.74, 6) is -0.202. The van der Waals surface area contributed by atoms with Gasteiger partial charge in [-0.15, -0.1) is 12.4 Å². The van der Waals surface area contributed by atoms with Gasteiger partial charge in [-0.25, -0.2) is 0 Å². The quantitative estimate of drug-likeness (QED) is 0.876. The summed E-state index contributed by atoms with van der Waals surface area (Å²) in [4.78, 5) is 29.7. The summed E-state index contributed by atoms with van der Waals surface area (Å²) in [6.45, 7) is 5.41. The van der Waals surface area contributed by atoms with Crippen LogP contribution in [0.5, 0.6) is 0 Å². The zero-order valence-electron chi connectivity index (χ0n) is 13.8. The molecule has 1 aromatic heterocycles. The van der Waals surface area contributed by atoms with Gasteiger partial charge in [0, 0.05) is 30.9 Å². The summed E-state index contributed by atoms with van der Waals surface area (Å²) in [6, 6.07) is 13.3. The van der Waals surface area contributed by atoms with Crippen molar-refractivity contribution in [2.75, 3.05) is 13.1 Å². The van der Waals surface area contributed by atoms with Crippen LogP contribution >= 0.6 is 12.4 Å². The summed E-state index contributed by atoms with van der Waals surface area (Å²) < 4.78 is 0. The average Bonchev–Trinajstić information content (AvgIpc) is 2.57. The van der Waals surface area contributed by atoms with E-state index in [1.165, 1.54) is 0 Å². The molecule has 2 N–H and O–H groups in total. The van der Waals surface area contributed by atoms with E-state index in [4.69, 9.17) is 0 Å². The Balaban J connectivity index is 0.00000208. The molecule has 1 fully saturated rings. The highest BCUT2D eigenvalue weighted by molar-refractivity contribution is 5.94. The van der Waals surface area contributed by atoms with Crippen LogP contribution < -0.4 is 10.9 Å². The monoisotopic (exact) mass is 347 g/mol. The number of rotatable bonds is 2. The van der Waals surface area contributed by atoms with Crippen molar-refractivity contribution >= 4 is 18.3 Å². The van der Waals surface area contributed by atoms with E-state index in [1.807, 2.05) is 44.2 Å². The molecule has 0 aliphatic carbocycles. The standard InChI is InChI=1S/C18H21N3O2.ClH/c1-12-13(2)21(11-10-19-12)18(23)15-8-9-16(20-17(15)22)14-6-4-3-5-7-14;/h3-9,12-13,19H,10-11H2,1-2H3,(H,20,22);1H. The number of piperazine rings is 1. The van der Waals surface area contributed by atoms with E-state index in [0.29, 0.717) is 12.2 Å². The van der Waals surface area contributed by atoms with E-state index in [9.17, 15) is 9.59 Å². The molecule has 3 rings (SSSR count). The highest BCUT2D eigenvalue weighted by Crippen LogP contribution is 2.16. The Morgan fingerprint density at radius 3 is 2.50 bits per heavy atom. The van der Waals surface area contributed by atoms with E-state index in [-0.39, 0.29) is 41.5 Å². The molecule has 1 aliphatic rings. The van der Waals surface area contributed by atoms with Crippen LogP contribution in [0.1, 0.15) is 24.2 Å². The third-order valence-corrected chi connectivity index (χ3v) is 4.52. The number of aromatic amines is 1. The van der Waals surface area contributed by atoms with Crippen LogP contribution in [0, 0.1) is 0 Å². The molecule has 0 spiro atoms. The first-order valence-corrected chi connectivity index (χ1v) is 7.91. The lowest BCUT2D eigenvalue weighted by molar-refractivity contribution is 0.0601. The fourth-order valence-corrected chi connectivity index (χ4v) is 2.93. The van der Waals surface area contributed by atoms with Crippen molar-refractivity contribution in [1.29, 1.82) is 0 Å². The molecule has 0 bridgehead atoms. The van der Waals surface area contributed by atoms with Crippen LogP contribution in [0.2, 0.25) is 0 Å². The summed E-state index contributed by atoms with van der Waals surface area (Å²) >= 11 is 0. The minimum atomic E-state index is -0.338. The first kappa shape index (κ1) is 18.2. The van der Waals surface area contributed by atoms with Crippen molar-refractivity contribution in [3.8, 4) is 11.3 Å². The molecule has 2 heterocycles. The van der Waals surface area contributed by atoms with Crippen molar-refractivity contribution in [2.45, 2.75) is 25.9 Å². The number of nitrogens with zero attached hydrogens (tertiary/aromatic N) is 1. The molecule has 6 heteroatoms. The minimum Gasteiger partial charge on any atom is -0.333 e. The molecule has 2 atom stereocenters. The van der Waals surface area contributed by atoms with Crippen molar-refractivity contribution in [1.82, 2.24) is 15.2 Å². The summed E-state index contributed by atoms with van der Waals surface area (Å²) in [5, 5.41) is 3.33. The number of H-pyrrole nitrogens is 1. The number of hydrogen-bond acceptors (Lipinski definition) is 3. The van der Waals surface area contributed by atoms with Gasteiger partial charge in [0.15, 0.2) is 0 Å². The maximum absolute atomic E-state index is 12.7. The van der Waals surface area contributed by atoms with Gasteiger partial charge in [-0.05, 0) is 31.5 Å². The normalized spacial score (nSPS) is 20.3. The van der Waals surface area contributed by atoms with Crippen molar-refractivity contribution in [2.24, 2.45) is 0 Å². The molecular formula is C18H22ClN3O2. The zero-order valence-corrected chi connectivity index (χ0v) is 14.6. The van der Waals surface area contributed by atoms with Gasteiger partial charge in [0.25, 0.3) is 11.5 Å². The van der Waals surface area contributed by atoms with Crippen LogP contribution in [0.25, 0.3) is 11.3 Å². The Hall–Kier alpha value is -2.11. The number of pyridine rings is 1. The number of amides is 1. The highest BCUT2D eigenvalue weighted by atomic mass is 35.5. The smallest absolute Gasteiger partial charge is 0.261 e. The Labute approximate surface area is 147 Å². The maximum atomic E-state index is 12.7. The highest BCUT2D eigenvalue weighted by Gasteiger charge is 2.29. The Bertz CT molecular complexity index is 760. The average molecular weight is 348 g/mol. The van der Waals surface area contributed by atoms with E-state index < -0.39 is 0 Å². The second kappa shape index (κ2) is 7.64. The molecule has 5 nitrogen and oxygen atoms in total. The molecule has 2 aromatic rings. The molecular weight excluding hydrogens is 326 g/mol. The molecule has 2 unspecified atom stereocenters. The molecule has 24 heavy (non-hydrogen) atoms. The molecule has 1 saturated heterocycles. The fourth-order valence-electron chi connectivity index (χ4n) is 2.93.